The Morgan fingerprint density at radius 3 is 2.38 bits per heavy atom. The van der Waals surface area contributed by atoms with Crippen LogP contribution in [0.3, 0.4) is 0 Å². The van der Waals surface area contributed by atoms with Crippen molar-refractivity contribution in [3.63, 3.8) is 0 Å². The van der Waals surface area contributed by atoms with E-state index in [2.05, 4.69) is 39.5 Å². The average Bonchev–Trinajstić information content (AvgIpc) is 3.35. The van der Waals surface area contributed by atoms with E-state index < -0.39 is 0 Å². The summed E-state index contributed by atoms with van der Waals surface area (Å²) in [5, 5.41) is 19.0. The summed E-state index contributed by atoms with van der Waals surface area (Å²) in [7, 11) is 0. The maximum Gasteiger partial charge on any atom is 0.164 e. The Balaban J connectivity index is 1.29. The van der Waals surface area contributed by atoms with Gasteiger partial charge in [-0.2, -0.15) is 5.10 Å². The molecule has 3 saturated heterocycles. The third-order valence-electron chi connectivity index (χ3n) is 7.80. The molecular weight excluding hydrogens is 460 g/mol. The van der Waals surface area contributed by atoms with E-state index in [0.717, 1.165) is 57.4 Å². The van der Waals surface area contributed by atoms with Gasteiger partial charge < -0.3 is 15.3 Å². The molecule has 184 valence electrons. The van der Waals surface area contributed by atoms with E-state index in [4.69, 9.17) is 10.1 Å². The third kappa shape index (κ3) is 4.01. The van der Waals surface area contributed by atoms with Crippen LogP contribution >= 0.6 is 0 Å². The van der Waals surface area contributed by atoms with Gasteiger partial charge in [0.1, 0.15) is 11.4 Å². The number of nitrogens with one attached hydrogen (secondary N) is 1. The van der Waals surface area contributed by atoms with Crippen LogP contribution in [0.4, 0.5) is 5.69 Å². The number of phenols is 1. The number of aromatic nitrogens is 4. The second-order valence-electron chi connectivity index (χ2n) is 10.0. The largest absolute Gasteiger partial charge is 0.508 e. The topological polar surface area (TPSA) is 78.6 Å². The average molecular weight is 489 g/mol. The lowest BCUT2D eigenvalue weighted by molar-refractivity contribution is 0.0975. The standard InChI is InChI=1S/C30H28N6O/c37-25-3-1-2-23(18-25)28-29(22-8-13-31-14-9-22)34-36-27(10-15-32-30(28)36)21-4-6-24(7-5-21)33-26-19-35-16-11-20(26)12-17-35/h1-10,13-15,18,20,26,33,37H,11-12,16-17,19H2/t26-/m1/s1. The van der Waals surface area contributed by atoms with Gasteiger partial charge >= 0.3 is 0 Å². The summed E-state index contributed by atoms with van der Waals surface area (Å²) < 4.78 is 1.91. The van der Waals surface area contributed by atoms with Gasteiger partial charge in [0.15, 0.2) is 5.65 Å². The first kappa shape index (κ1) is 22.0. The number of hydrogen-bond donors (Lipinski definition) is 2. The number of aromatic hydroxyl groups is 1. The summed E-state index contributed by atoms with van der Waals surface area (Å²) in [6, 6.07) is 22.3. The lowest BCUT2D eigenvalue weighted by Crippen LogP contribution is -2.53. The fourth-order valence-corrected chi connectivity index (χ4v) is 5.88. The molecule has 7 nitrogen and oxygen atoms in total. The van der Waals surface area contributed by atoms with Crippen molar-refractivity contribution in [2.75, 3.05) is 25.0 Å². The van der Waals surface area contributed by atoms with Gasteiger partial charge in [-0.05, 0) is 79.9 Å². The van der Waals surface area contributed by atoms with Gasteiger partial charge in [-0.3, -0.25) is 4.98 Å². The van der Waals surface area contributed by atoms with Crippen LogP contribution in [0, 0.1) is 5.92 Å². The molecule has 3 aromatic heterocycles. The van der Waals surface area contributed by atoms with Gasteiger partial charge in [-0.15, -0.1) is 0 Å². The summed E-state index contributed by atoms with van der Waals surface area (Å²) in [6.07, 6.45) is 7.95. The molecular formula is C30H28N6O. The highest BCUT2D eigenvalue weighted by atomic mass is 16.3. The molecule has 2 N–H and O–H groups in total. The van der Waals surface area contributed by atoms with Crippen LogP contribution in [0.25, 0.3) is 39.3 Å². The van der Waals surface area contributed by atoms with E-state index in [-0.39, 0.29) is 5.75 Å². The van der Waals surface area contributed by atoms with Crippen LogP contribution in [-0.2, 0) is 0 Å². The number of phenolic OH excluding ortho intramolecular Hbond substituents is 1. The van der Waals surface area contributed by atoms with Crippen LogP contribution in [0.2, 0.25) is 0 Å². The molecule has 6 heterocycles. The first-order chi connectivity index (χ1) is 18.2. The van der Waals surface area contributed by atoms with E-state index in [9.17, 15) is 5.11 Å². The van der Waals surface area contributed by atoms with Crippen molar-refractivity contribution in [1.82, 2.24) is 24.5 Å². The minimum Gasteiger partial charge on any atom is -0.508 e. The zero-order chi connectivity index (χ0) is 24.8. The number of pyridine rings is 1. The smallest absolute Gasteiger partial charge is 0.164 e. The van der Waals surface area contributed by atoms with Gasteiger partial charge in [0.05, 0.1) is 11.3 Å². The number of fused-ring (bicyclic) bond motifs is 4. The maximum absolute atomic E-state index is 10.2. The Morgan fingerprint density at radius 2 is 1.65 bits per heavy atom. The molecule has 0 amide bonds. The molecule has 3 aliphatic rings. The molecule has 0 aliphatic carbocycles. The molecule has 8 rings (SSSR count). The van der Waals surface area contributed by atoms with E-state index in [0.29, 0.717) is 6.04 Å². The monoisotopic (exact) mass is 488 g/mol. The lowest BCUT2D eigenvalue weighted by Gasteiger charge is -2.45. The van der Waals surface area contributed by atoms with Gasteiger partial charge in [-0.25, -0.2) is 9.50 Å². The van der Waals surface area contributed by atoms with E-state index in [1.165, 1.54) is 25.9 Å². The zero-order valence-electron chi connectivity index (χ0n) is 20.5. The number of hydrogen-bond acceptors (Lipinski definition) is 6. The summed E-state index contributed by atoms with van der Waals surface area (Å²) >= 11 is 0. The zero-order valence-corrected chi connectivity index (χ0v) is 20.5. The van der Waals surface area contributed by atoms with Crippen molar-refractivity contribution in [3.05, 3.63) is 85.3 Å². The Labute approximate surface area is 215 Å². The summed E-state index contributed by atoms with van der Waals surface area (Å²) in [5.41, 5.74) is 7.42. The van der Waals surface area contributed by atoms with Crippen molar-refractivity contribution in [3.8, 4) is 39.4 Å². The highest BCUT2D eigenvalue weighted by molar-refractivity contribution is 5.91. The second-order valence-corrected chi connectivity index (χ2v) is 10.0. The first-order valence-corrected chi connectivity index (χ1v) is 12.9. The molecule has 0 spiro atoms. The van der Waals surface area contributed by atoms with Crippen LogP contribution in [0.1, 0.15) is 12.8 Å². The van der Waals surface area contributed by atoms with Crippen molar-refractivity contribution in [2.45, 2.75) is 18.9 Å². The Bertz CT molecular complexity index is 1550. The number of anilines is 1. The highest BCUT2D eigenvalue weighted by Crippen LogP contribution is 2.37. The van der Waals surface area contributed by atoms with Gasteiger partial charge in [0.25, 0.3) is 0 Å². The normalized spacial score (nSPS) is 20.8. The van der Waals surface area contributed by atoms with Crippen LogP contribution in [0.5, 0.6) is 5.75 Å². The maximum atomic E-state index is 10.2. The number of piperidine rings is 3. The highest BCUT2D eigenvalue weighted by Gasteiger charge is 2.33. The number of nitrogens with zero attached hydrogens (tertiary/aromatic N) is 5. The van der Waals surface area contributed by atoms with Crippen molar-refractivity contribution in [2.24, 2.45) is 5.92 Å². The fourth-order valence-electron chi connectivity index (χ4n) is 5.88. The van der Waals surface area contributed by atoms with Gasteiger partial charge in [0, 0.05) is 48.0 Å². The lowest BCUT2D eigenvalue weighted by atomic mass is 9.84. The Morgan fingerprint density at radius 1 is 0.838 bits per heavy atom. The molecule has 7 heteroatoms. The van der Waals surface area contributed by atoms with Crippen LogP contribution in [-0.4, -0.2) is 55.3 Å². The summed E-state index contributed by atoms with van der Waals surface area (Å²) in [6.45, 7) is 3.63. The molecule has 2 bridgehead atoms. The van der Waals surface area contributed by atoms with Crippen molar-refractivity contribution >= 4 is 11.3 Å². The van der Waals surface area contributed by atoms with Crippen molar-refractivity contribution in [1.29, 1.82) is 0 Å². The molecule has 2 aromatic carbocycles. The molecule has 3 fully saturated rings. The third-order valence-corrected chi connectivity index (χ3v) is 7.80. The van der Waals surface area contributed by atoms with E-state index in [1.54, 1.807) is 24.5 Å². The number of rotatable bonds is 5. The Kier molecular flexibility index (Phi) is 5.36. The minimum absolute atomic E-state index is 0.208. The second kappa shape index (κ2) is 9.01. The van der Waals surface area contributed by atoms with E-state index in [1.807, 2.05) is 41.0 Å². The van der Waals surface area contributed by atoms with Crippen LogP contribution < -0.4 is 5.32 Å². The van der Waals surface area contributed by atoms with Gasteiger partial charge in [0.2, 0.25) is 0 Å². The van der Waals surface area contributed by atoms with Crippen molar-refractivity contribution < 1.29 is 5.11 Å². The van der Waals surface area contributed by atoms with Gasteiger partial charge in [-0.1, -0.05) is 24.3 Å². The molecule has 1 atom stereocenters. The minimum atomic E-state index is 0.208. The SMILES string of the molecule is Oc1cccc(-c2c(-c3ccncc3)nn3c(-c4ccc(N[C@@H]5CN6CCC5CC6)cc4)ccnc23)c1. The summed E-state index contributed by atoms with van der Waals surface area (Å²) in [5.74, 6) is 0.982. The summed E-state index contributed by atoms with van der Waals surface area (Å²) in [4.78, 5) is 11.5. The molecule has 0 unspecified atom stereocenters. The number of benzene rings is 2. The fraction of sp³-hybridized carbons (Fsp3) is 0.233. The predicted octanol–water partition coefficient (Wildman–Crippen LogP) is 5.34. The quantitative estimate of drug-likeness (QED) is 0.348. The molecule has 3 aliphatic heterocycles. The molecule has 37 heavy (non-hydrogen) atoms. The molecule has 5 aromatic rings. The molecule has 0 radical (unpaired) electrons. The molecule has 0 saturated carbocycles. The van der Waals surface area contributed by atoms with Crippen LogP contribution in [0.15, 0.2) is 85.3 Å². The first-order valence-electron chi connectivity index (χ1n) is 12.9. The van der Waals surface area contributed by atoms with E-state index >= 15 is 0 Å². The predicted molar refractivity (Wildman–Crippen MR) is 145 cm³/mol. The Hall–Kier alpha value is -4.23.